The van der Waals surface area contributed by atoms with E-state index in [9.17, 15) is 19.5 Å². The lowest BCUT2D eigenvalue weighted by Gasteiger charge is -2.22. The van der Waals surface area contributed by atoms with Crippen LogP contribution in [0, 0.1) is 11.8 Å². The number of amides is 1. The first-order valence-electron chi connectivity index (χ1n) is 12.4. The van der Waals surface area contributed by atoms with E-state index in [2.05, 4.69) is 0 Å². The second-order valence-corrected chi connectivity index (χ2v) is 10.7. The number of carboxylic acid groups (broad SMARTS) is 1. The molecule has 1 saturated heterocycles. The maximum Gasteiger partial charge on any atom is 0.415 e. The van der Waals surface area contributed by atoms with Crippen molar-refractivity contribution in [2.75, 3.05) is 19.3 Å². The Labute approximate surface area is 226 Å². The zero-order chi connectivity index (χ0) is 27.3. The van der Waals surface area contributed by atoms with Gasteiger partial charge in [0.2, 0.25) is 0 Å². The molecule has 0 radical (unpaired) electrons. The van der Waals surface area contributed by atoms with Gasteiger partial charge in [-0.25, -0.2) is 9.59 Å². The second kappa shape index (κ2) is 11.7. The van der Waals surface area contributed by atoms with Crippen LogP contribution in [0.15, 0.2) is 83.8 Å². The minimum absolute atomic E-state index is 0.0166. The Hall–Kier alpha value is -3.78. The number of carbonyl (C=O) groups is 3. The summed E-state index contributed by atoms with van der Waals surface area (Å²) < 4.78 is 11.3. The van der Waals surface area contributed by atoms with Crippen molar-refractivity contribution in [3.63, 3.8) is 0 Å². The number of aliphatic carboxylic acids is 1. The Morgan fingerprint density at radius 2 is 1.63 bits per heavy atom. The van der Waals surface area contributed by atoms with E-state index in [0.29, 0.717) is 30.0 Å². The van der Waals surface area contributed by atoms with Gasteiger partial charge in [-0.2, -0.15) is 0 Å². The molecule has 198 valence electrons. The van der Waals surface area contributed by atoms with Crippen LogP contribution in [-0.2, 0) is 11.2 Å². The molecular weight excluding hydrogens is 502 g/mol. The number of thioether (sulfide) groups is 1. The van der Waals surface area contributed by atoms with Crippen molar-refractivity contribution in [2.45, 2.75) is 30.8 Å². The summed E-state index contributed by atoms with van der Waals surface area (Å²) in [6, 6.07) is 23.6. The molecule has 1 aliphatic heterocycles. The third-order valence-electron chi connectivity index (χ3n) is 6.64. The first-order valence-corrected chi connectivity index (χ1v) is 13.6. The summed E-state index contributed by atoms with van der Waals surface area (Å²) in [6.45, 7) is 3.59. The van der Waals surface area contributed by atoms with Crippen molar-refractivity contribution in [3.05, 3.63) is 90.0 Å². The molecule has 1 heterocycles. The van der Waals surface area contributed by atoms with Gasteiger partial charge in [-0.3, -0.25) is 4.79 Å². The van der Waals surface area contributed by atoms with E-state index >= 15 is 0 Å². The largest absolute Gasteiger partial charge is 0.478 e. The Kier molecular flexibility index (Phi) is 8.42. The number of likely N-dealkylation sites (tertiary alicyclic amines) is 1. The molecule has 1 fully saturated rings. The van der Waals surface area contributed by atoms with Crippen molar-refractivity contribution in [1.29, 1.82) is 0 Å². The first kappa shape index (κ1) is 27.3. The van der Waals surface area contributed by atoms with E-state index in [1.807, 2.05) is 42.7 Å². The molecule has 0 aromatic heterocycles. The summed E-state index contributed by atoms with van der Waals surface area (Å²) in [6.07, 6.45) is 2.00. The number of para-hydroxylation sites is 1. The lowest BCUT2D eigenvalue weighted by atomic mass is 9.84. The van der Waals surface area contributed by atoms with Gasteiger partial charge in [-0.1, -0.05) is 42.5 Å². The zero-order valence-corrected chi connectivity index (χ0v) is 22.4. The number of Topliss-reactive ketones (excluding diaryl/α,β-unsaturated/α-hetero) is 1. The van der Waals surface area contributed by atoms with Crippen LogP contribution in [0.4, 0.5) is 4.79 Å². The third kappa shape index (κ3) is 6.55. The maximum atomic E-state index is 13.6. The number of benzene rings is 3. The van der Waals surface area contributed by atoms with Gasteiger partial charge in [0, 0.05) is 29.5 Å². The molecule has 0 bridgehead atoms. The van der Waals surface area contributed by atoms with Gasteiger partial charge in [-0.15, -0.1) is 11.8 Å². The van der Waals surface area contributed by atoms with Crippen molar-refractivity contribution >= 4 is 29.6 Å². The Morgan fingerprint density at radius 3 is 2.29 bits per heavy atom. The molecule has 3 aromatic rings. The van der Waals surface area contributed by atoms with Gasteiger partial charge in [0.05, 0.1) is 0 Å². The highest BCUT2D eigenvalue weighted by Crippen LogP contribution is 2.32. The molecule has 2 atom stereocenters. The molecule has 1 amide bonds. The third-order valence-corrected chi connectivity index (χ3v) is 7.39. The SMILES string of the molecule is CSc1ccc(C(=O)[C@@H]2CN(C(=O)Oc3ccccc3)C[C@H]2Cc2cccc(OC(C)(C)C(=O)O)c2)cc1. The number of hydrogen-bond donors (Lipinski definition) is 1. The van der Waals surface area contributed by atoms with E-state index in [4.69, 9.17) is 9.47 Å². The van der Waals surface area contributed by atoms with E-state index < -0.39 is 23.6 Å². The van der Waals surface area contributed by atoms with Gasteiger partial charge >= 0.3 is 12.1 Å². The smallest absolute Gasteiger partial charge is 0.415 e. The van der Waals surface area contributed by atoms with Gasteiger partial charge in [0.1, 0.15) is 11.5 Å². The highest BCUT2D eigenvalue weighted by atomic mass is 32.2. The monoisotopic (exact) mass is 533 g/mol. The normalized spacial score (nSPS) is 17.2. The molecule has 4 rings (SSSR count). The van der Waals surface area contributed by atoms with E-state index in [-0.39, 0.29) is 18.2 Å². The van der Waals surface area contributed by atoms with Crippen LogP contribution >= 0.6 is 11.8 Å². The number of ether oxygens (including phenoxy) is 2. The molecule has 0 unspecified atom stereocenters. The summed E-state index contributed by atoms with van der Waals surface area (Å²) in [4.78, 5) is 40.8. The predicted octanol–water partition coefficient (Wildman–Crippen LogP) is 5.82. The zero-order valence-electron chi connectivity index (χ0n) is 21.6. The highest BCUT2D eigenvalue weighted by Gasteiger charge is 2.40. The standard InChI is InChI=1S/C30H31NO6S/c1-30(2,28(33)34)37-24-11-7-8-20(17-24)16-22-18-31(29(35)36-23-9-5-4-6-10-23)19-26(22)27(32)21-12-14-25(38-3)15-13-21/h4-15,17,22,26H,16,18-19H2,1-3H3,(H,33,34)/t22-,26-/m1/s1. The van der Waals surface area contributed by atoms with Crippen molar-refractivity contribution in [3.8, 4) is 11.5 Å². The number of hydrogen-bond acceptors (Lipinski definition) is 6. The molecule has 0 saturated carbocycles. The molecule has 7 nitrogen and oxygen atoms in total. The van der Waals surface area contributed by atoms with Gasteiger partial charge in [-0.05, 0) is 74.4 Å². The van der Waals surface area contributed by atoms with Gasteiger partial charge in [0.15, 0.2) is 11.4 Å². The van der Waals surface area contributed by atoms with Crippen LogP contribution in [0.2, 0.25) is 0 Å². The molecule has 1 N–H and O–H groups in total. The summed E-state index contributed by atoms with van der Waals surface area (Å²) >= 11 is 1.61. The minimum Gasteiger partial charge on any atom is -0.478 e. The van der Waals surface area contributed by atoms with Crippen LogP contribution in [0.3, 0.4) is 0 Å². The van der Waals surface area contributed by atoms with Crippen LogP contribution in [0.25, 0.3) is 0 Å². The minimum atomic E-state index is -1.38. The fraction of sp³-hybridized carbons (Fsp3) is 0.300. The number of rotatable bonds is 9. The van der Waals surface area contributed by atoms with E-state index in [1.54, 1.807) is 59.1 Å². The summed E-state index contributed by atoms with van der Waals surface area (Å²) in [7, 11) is 0. The number of carbonyl (C=O) groups excluding carboxylic acids is 2. The fourth-order valence-corrected chi connectivity index (χ4v) is 4.93. The summed E-state index contributed by atoms with van der Waals surface area (Å²) in [5.74, 6) is -0.778. The molecular formula is C30H31NO6S. The topological polar surface area (TPSA) is 93.1 Å². The first-order chi connectivity index (χ1) is 18.2. The average Bonchev–Trinajstić information content (AvgIpc) is 3.32. The van der Waals surface area contributed by atoms with Crippen LogP contribution in [0.1, 0.15) is 29.8 Å². The second-order valence-electron chi connectivity index (χ2n) is 9.81. The molecule has 0 spiro atoms. The van der Waals surface area contributed by atoms with Gasteiger partial charge < -0.3 is 19.5 Å². The fourth-order valence-electron chi connectivity index (χ4n) is 4.52. The lowest BCUT2D eigenvalue weighted by Crippen LogP contribution is -2.37. The number of carboxylic acids is 1. The van der Waals surface area contributed by atoms with Gasteiger partial charge in [0.25, 0.3) is 0 Å². The molecule has 8 heteroatoms. The highest BCUT2D eigenvalue weighted by molar-refractivity contribution is 7.98. The Bertz CT molecular complexity index is 1290. The molecule has 3 aromatic carbocycles. The molecule has 38 heavy (non-hydrogen) atoms. The van der Waals surface area contributed by atoms with Crippen LogP contribution in [0.5, 0.6) is 11.5 Å². The maximum absolute atomic E-state index is 13.6. The number of nitrogens with zero attached hydrogens (tertiary/aromatic N) is 1. The Morgan fingerprint density at radius 1 is 0.947 bits per heavy atom. The van der Waals surface area contributed by atoms with Crippen LogP contribution in [-0.4, -0.2) is 52.8 Å². The number of ketones is 1. The quantitative estimate of drug-likeness (QED) is 0.274. The average molecular weight is 534 g/mol. The van der Waals surface area contributed by atoms with Crippen LogP contribution < -0.4 is 9.47 Å². The van der Waals surface area contributed by atoms with E-state index in [1.165, 1.54) is 13.8 Å². The summed E-state index contributed by atoms with van der Waals surface area (Å²) in [5, 5.41) is 9.41. The summed E-state index contributed by atoms with van der Waals surface area (Å²) in [5.41, 5.74) is 0.115. The van der Waals surface area contributed by atoms with Crippen molar-refractivity contribution in [2.24, 2.45) is 11.8 Å². The van der Waals surface area contributed by atoms with Crippen molar-refractivity contribution in [1.82, 2.24) is 4.90 Å². The molecule has 1 aliphatic rings. The predicted molar refractivity (Wildman–Crippen MR) is 146 cm³/mol. The van der Waals surface area contributed by atoms with Crippen molar-refractivity contribution < 1.29 is 29.0 Å². The Balaban J connectivity index is 1.56. The lowest BCUT2D eigenvalue weighted by molar-refractivity contribution is -0.152. The molecule has 0 aliphatic carbocycles. The van der Waals surface area contributed by atoms with E-state index in [0.717, 1.165) is 10.5 Å².